The Labute approximate surface area is 83.2 Å². The van der Waals surface area contributed by atoms with E-state index in [0.29, 0.717) is 6.54 Å². The van der Waals surface area contributed by atoms with Gasteiger partial charge in [-0.05, 0) is 17.7 Å². The zero-order valence-electron chi connectivity index (χ0n) is 7.81. The van der Waals surface area contributed by atoms with Gasteiger partial charge in [-0.15, -0.1) is 0 Å². The molecule has 0 saturated heterocycles. The fourth-order valence-corrected chi connectivity index (χ4v) is 1.58. The largest absolute Gasteiger partial charge is 0.304 e. The maximum Gasteiger partial charge on any atom is 0.250 e. The highest BCUT2D eigenvalue weighted by Crippen LogP contribution is 2.25. The smallest absolute Gasteiger partial charge is 0.250 e. The fraction of sp³-hybridized carbons (Fsp3) is 0.0833. The van der Waals surface area contributed by atoms with Crippen LogP contribution in [-0.4, -0.2) is 12.5 Å². The molecular formula is C12H11NO. The Balaban J connectivity index is 2.45. The van der Waals surface area contributed by atoms with Gasteiger partial charge >= 0.3 is 0 Å². The molecule has 0 atom stereocenters. The maximum absolute atomic E-state index is 11.5. The van der Waals surface area contributed by atoms with E-state index in [1.54, 1.807) is 4.90 Å². The lowest BCUT2D eigenvalue weighted by molar-refractivity contribution is -0.114. The van der Waals surface area contributed by atoms with E-state index >= 15 is 0 Å². The summed E-state index contributed by atoms with van der Waals surface area (Å²) in [5.74, 6) is -0.0539. The first kappa shape index (κ1) is 8.75. The van der Waals surface area contributed by atoms with Crippen molar-refractivity contribution in [2.24, 2.45) is 0 Å². The summed E-state index contributed by atoms with van der Waals surface area (Å²) in [5, 5.41) is 0. The molecule has 70 valence electrons. The first-order valence-electron chi connectivity index (χ1n) is 4.52. The lowest BCUT2D eigenvalue weighted by atomic mass is 10.1. The third-order valence-corrected chi connectivity index (χ3v) is 2.25. The summed E-state index contributed by atoms with van der Waals surface area (Å²) in [4.78, 5) is 13.2. The van der Waals surface area contributed by atoms with Crippen molar-refractivity contribution in [1.29, 1.82) is 0 Å². The van der Waals surface area contributed by atoms with Crippen LogP contribution >= 0.6 is 0 Å². The van der Waals surface area contributed by atoms with Crippen LogP contribution in [-0.2, 0) is 4.79 Å². The van der Waals surface area contributed by atoms with Gasteiger partial charge in [0.2, 0.25) is 0 Å². The molecule has 2 nitrogen and oxygen atoms in total. The predicted octanol–water partition coefficient (Wildman–Crippen LogP) is 2.23. The number of amides is 1. The third-order valence-electron chi connectivity index (χ3n) is 2.25. The molecule has 2 rings (SSSR count). The minimum Gasteiger partial charge on any atom is -0.304 e. The molecule has 0 aliphatic carbocycles. The summed E-state index contributed by atoms with van der Waals surface area (Å²) in [6, 6.07) is 7.83. The number of hydrogen-bond acceptors (Lipinski definition) is 1. The highest BCUT2D eigenvalue weighted by atomic mass is 16.2. The molecule has 0 radical (unpaired) electrons. The molecule has 1 heterocycles. The van der Waals surface area contributed by atoms with Crippen molar-refractivity contribution < 1.29 is 4.79 Å². The van der Waals surface area contributed by atoms with Crippen molar-refractivity contribution in [2.45, 2.75) is 0 Å². The van der Waals surface area contributed by atoms with Crippen molar-refractivity contribution in [3.05, 3.63) is 48.6 Å². The predicted molar refractivity (Wildman–Crippen MR) is 58.0 cm³/mol. The van der Waals surface area contributed by atoms with Crippen molar-refractivity contribution in [3.63, 3.8) is 0 Å². The van der Waals surface area contributed by atoms with Gasteiger partial charge in [0.15, 0.2) is 0 Å². The molecule has 2 heteroatoms. The average molecular weight is 185 g/mol. The van der Waals surface area contributed by atoms with Crippen LogP contribution in [0.15, 0.2) is 43.0 Å². The number of rotatable bonds is 1. The lowest BCUT2D eigenvalue weighted by Gasteiger charge is -2.24. The van der Waals surface area contributed by atoms with Crippen molar-refractivity contribution in [3.8, 4) is 0 Å². The molecule has 1 amide bonds. The number of hydrogen-bond donors (Lipinski definition) is 0. The van der Waals surface area contributed by atoms with Gasteiger partial charge in [-0.25, -0.2) is 0 Å². The quantitative estimate of drug-likeness (QED) is 0.614. The Hall–Kier alpha value is -1.83. The second kappa shape index (κ2) is 3.50. The second-order valence-electron chi connectivity index (χ2n) is 3.11. The number of para-hydroxylation sites is 1. The zero-order chi connectivity index (χ0) is 9.97. The zero-order valence-corrected chi connectivity index (χ0v) is 7.81. The van der Waals surface area contributed by atoms with Gasteiger partial charge < -0.3 is 4.90 Å². The summed E-state index contributed by atoms with van der Waals surface area (Å²) in [6.45, 7) is 4.12. The molecule has 1 aromatic carbocycles. The summed E-state index contributed by atoms with van der Waals surface area (Å²) < 4.78 is 0. The normalized spacial score (nSPS) is 13.6. The molecule has 0 unspecified atom stereocenters. The SMILES string of the molecule is C=CC(=O)N1CC=Cc2ccccc21. The first-order chi connectivity index (χ1) is 6.83. The molecule has 1 aromatic rings. The molecule has 0 N–H and O–H groups in total. The molecule has 0 aromatic heterocycles. The molecule has 1 aliphatic heterocycles. The van der Waals surface area contributed by atoms with E-state index in [-0.39, 0.29) is 5.91 Å². The monoisotopic (exact) mass is 185 g/mol. The van der Waals surface area contributed by atoms with E-state index in [4.69, 9.17) is 0 Å². The number of carbonyl (C=O) groups excluding carboxylic acids is 1. The van der Waals surface area contributed by atoms with Crippen LogP contribution < -0.4 is 4.90 Å². The number of carbonyl (C=O) groups is 1. The molecular weight excluding hydrogens is 174 g/mol. The number of benzene rings is 1. The molecule has 0 saturated carbocycles. The Kier molecular flexibility index (Phi) is 2.19. The maximum atomic E-state index is 11.5. The standard InChI is InChI=1S/C12H11NO/c1-2-12(14)13-9-5-7-10-6-3-4-8-11(10)13/h2-8H,1,9H2. The second-order valence-corrected chi connectivity index (χ2v) is 3.11. The van der Waals surface area contributed by atoms with Gasteiger partial charge in [-0.2, -0.15) is 0 Å². The van der Waals surface area contributed by atoms with Crippen LogP contribution in [0, 0.1) is 0 Å². The van der Waals surface area contributed by atoms with E-state index < -0.39 is 0 Å². The minimum absolute atomic E-state index is 0.0539. The minimum atomic E-state index is -0.0539. The van der Waals surface area contributed by atoms with Crippen molar-refractivity contribution in [1.82, 2.24) is 0 Å². The van der Waals surface area contributed by atoms with Gasteiger partial charge in [0, 0.05) is 6.54 Å². The lowest BCUT2D eigenvalue weighted by Crippen LogP contribution is -2.31. The molecule has 0 spiro atoms. The highest BCUT2D eigenvalue weighted by molar-refractivity contribution is 6.03. The Morgan fingerprint density at radius 1 is 1.43 bits per heavy atom. The van der Waals surface area contributed by atoms with Gasteiger partial charge in [-0.3, -0.25) is 4.79 Å². The van der Waals surface area contributed by atoms with Crippen LogP contribution in [0.25, 0.3) is 6.08 Å². The summed E-state index contributed by atoms with van der Waals surface area (Å²) >= 11 is 0. The summed E-state index contributed by atoms with van der Waals surface area (Å²) in [5.41, 5.74) is 2.04. The van der Waals surface area contributed by atoms with E-state index in [0.717, 1.165) is 11.3 Å². The van der Waals surface area contributed by atoms with Gasteiger partial charge in [-0.1, -0.05) is 36.9 Å². The topological polar surface area (TPSA) is 20.3 Å². The van der Waals surface area contributed by atoms with E-state index in [9.17, 15) is 4.79 Å². The Morgan fingerprint density at radius 3 is 3.00 bits per heavy atom. The van der Waals surface area contributed by atoms with Crippen LogP contribution in [0.3, 0.4) is 0 Å². The average Bonchev–Trinajstić information content (AvgIpc) is 2.27. The summed E-state index contributed by atoms with van der Waals surface area (Å²) in [6.07, 6.45) is 5.35. The number of fused-ring (bicyclic) bond motifs is 1. The van der Waals surface area contributed by atoms with Gasteiger partial charge in [0.25, 0.3) is 5.91 Å². The number of anilines is 1. The first-order valence-corrected chi connectivity index (χ1v) is 4.52. The third kappa shape index (κ3) is 1.35. The van der Waals surface area contributed by atoms with Crippen LogP contribution in [0.5, 0.6) is 0 Å². The van der Waals surface area contributed by atoms with E-state index in [1.807, 2.05) is 36.4 Å². The van der Waals surface area contributed by atoms with Crippen LogP contribution in [0.1, 0.15) is 5.56 Å². The fourth-order valence-electron chi connectivity index (χ4n) is 1.58. The Bertz CT molecular complexity index is 407. The molecule has 0 bridgehead atoms. The van der Waals surface area contributed by atoms with E-state index in [1.165, 1.54) is 6.08 Å². The number of nitrogens with zero attached hydrogens (tertiary/aromatic N) is 1. The molecule has 0 fully saturated rings. The van der Waals surface area contributed by atoms with Crippen LogP contribution in [0.2, 0.25) is 0 Å². The van der Waals surface area contributed by atoms with E-state index in [2.05, 4.69) is 6.58 Å². The summed E-state index contributed by atoms with van der Waals surface area (Å²) in [7, 11) is 0. The van der Waals surface area contributed by atoms with Crippen molar-refractivity contribution in [2.75, 3.05) is 11.4 Å². The van der Waals surface area contributed by atoms with Gasteiger partial charge in [0.1, 0.15) is 0 Å². The van der Waals surface area contributed by atoms with Gasteiger partial charge in [0.05, 0.1) is 5.69 Å². The van der Waals surface area contributed by atoms with Crippen LogP contribution in [0.4, 0.5) is 5.69 Å². The molecule has 1 aliphatic rings. The Morgan fingerprint density at radius 2 is 2.21 bits per heavy atom. The molecule has 14 heavy (non-hydrogen) atoms. The van der Waals surface area contributed by atoms with Crippen molar-refractivity contribution >= 4 is 17.7 Å². The highest BCUT2D eigenvalue weighted by Gasteiger charge is 2.16.